The van der Waals surface area contributed by atoms with E-state index >= 15 is 0 Å². The van der Waals surface area contributed by atoms with Crippen LogP contribution in [0.15, 0.2) is 28.7 Å². The first-order valence-corrected chi connectivity index (χ1v) is 8.87. The molecule has 1 N–H and O–H groups in total. The van der Waals surface area contributed by atoms with Gasteiger partial charge in [0.05, 0.1) is 7.57 Å². The van der Waals surface area contributed by atoms with E-state index in [9.17, 15) is 5.11 Å². The molecule has 0 bridgehead atoms. The molecule has 0 aliphatic rings. The summed E-state index contributed by atoms with van der Waals surface area (Å²) in [6, 6.07) is 3.86. The van der Waals surface area contributed by atoms with Crippen LogP contribution in [0.1, 0.15) is 15.9 Å². The normalized spacial score (nSPS) is 11.4. The van der Waals surface area contributed by atoms with Crippen molar-refractivity contribution in [1.82, 2.24) is 0 Å². The number of aliphatic hydroxyl groups excluding tert-OH is 1. The van der Waals surface area contributed by atoms with Gasteiger partial charge in [-0.15, -0.1) is 22.7 Å². The Kier molecular flexibility index (Phi) is 4.71. The lowest BCUT2D eigenvalue weighted by molar-refractivity contribution is 0.228. The van der Waals surface area contributed by atoms with Gasteiger partial charge in [0.1, 0.15) is 6.10 Å². The first-order valence-electron chi connectivity index (χ1n) is 4.06. The Balaban J connectivity index is 2.34. The van der Waals surface area contributed by atoms with Crippen LogP contribution in [0.2, 0.25) is 0 Å². The van der Waals surface area contributed by atoms with E-state index in [-0.39, 0.29) is 0 Å². The zero-order valence-electron chi connectivity index (χ0n) is 7.51. The van der Waals surface area contributed by atoms with Gasteiger partial charge >= 0.3 is 0 Å². The first kappa shape index (κ1) is 13.7. The number of rotatable bonds is 2. The molecule has 0 spiro atoms. The van der Waals surface area contributed by atoms with E-state index < -0.39 is 6.10 Å². The lowest BCUT2D eigenvalue weighted by atomic mass is 10.2. The predicted molar refractivity (Wildman–Crippen MR) is 83.5 cm³/mol. The van der Waals surface area contributed by atoms with E-state index in [0.717, 1.165) is 26.3 Å². The van der Waals surface area contributed by atoms with Crippen molar-refractivity contribution >= 4 is 86.4 Å². The maximum absolute atomic E-state index is 10.2. The lowest BCUT2D eigenvalue weighted by Gasteiger charge is -2.04. The standard InChI is InChI=1S/C9H4Br4OS2/c10-3-1-5(15-8(3)12)7(14)6-2-4(11)9(13)16-6/h1-2,7,14H. The minimum atomic E-state index is -0.569. The smallest absolute Gasteiger partial charge is 0.122 e. The number of aliphatic hydroxyl groups is 1. The second-order valence-electron chi connectivity index (χ2n) is 2.94. The Morgan fingerprint density at radius 3 is 1.50 bits per heavy atom. The van der Waals surface area contributed by atoms with Crippen LogP contribution in [0.4, 0.5) is 0 Å². The molecule has 2 heterocycles. The number of halogens is 4. The van der Waals surface area contributed by atoms with Crippen molar-refractivity contribution in [3.63, 3.8) is 0 Å². The van der Waals surface area contributed by atoms with Gasteiger partial charge in [0.2, 0.25) is 0 Å². The second kappa shape index (κ2) is 5.50. The SMILES string of the molecule is OC(c1cc(Br)c(Br)s1)c1cc(Br)c(Br)s1. The molecule has 0 saturated carbocycles. The minimum Gasteiger partial charge on any atom is -0.382 e. The Hall–Kier alpha value is 1.28. The van der Waals surface area contributed by atoms with Gasteiger partial charge in [-0.05, 0) is 75.9 Å². The molecular formula is C9H4Br4OS2. The van der Waals surface area contributed by atoms with Crippen LogP contribution in [-0.4, -0.2) is 5.11 Å². The molecule has 7 heteroatoms. The summed E-state index contributed by atoms with van der Waals surface area (Å²) in [5, 5.41) is 10.2. The Labute approximate surface area is 134 Å². The van der Waals surface area contributed by atoms with Crippen LogP contribution in [0, 0.1) is 0 Å². The van der Waals surface area contributed by atoms with E-state index in [1.807, 2.05) is 12.1 Å². The van der Waals surface area contributed by atoms with E-state index in [4.69, 9.17) is 0 Å². The topological polar surface area (TPSA) is 20.2 Å². The van der Waals surface area contributed by atoms with Crippen molar-refractivity contribution in [3.05, 3.63) is 38.4 Å². The molecule has 1 nitrogen and oxygen atoms in total. The minimum absolute atomic E-state index is 0.569. The van der Waals surface area contributed by atoms with Gasteiger partial charge in [0.15, 0.2) is 0 Å². The Morgan fingerprint density at radius 1 is 0.875 bits per heavy atom. The molecule has 0 radical (unpaired) electrons. The molecule has 16 heavy (non-hydrogen) atoms. The third kappa shape index (κ3) is 2.81. The van der Waals surface area contributed by atoms with Crippen LogP contribution < -0.4 is 0 Å². The molecular weight excluding hydrogens is 508 g/mol. The molecule has 0 amide bonds. The fraction of sp³-hybridized carbons (Fsp3) is 0.111. The molecule has 0 fully saturated rings. The monoisotopic (exact) mass is 508 g/mol. The van der Waals surface area contributed by atoms with Crippen molar-refractivity contribution in [2.75, 3.05) is 0 Å². The number of hydrogen-bond donors (Lipinski definition) is 1. The highest BCUT2D eigenvalue weighted by Gasteiger charge is 2.18. The fourth-order valence-corrected chi connectivity index (χ4v) is 5.40. The van der Waals surface area contributed by atoms with Gasteiger partial charge in [0.25, 0.3) is 0 Å². The molecule has 2 aromatic heterocycles. The predicted octanol–water partition coefficient (Wildman–Crippen LogP) is 5.94. The van der Waals surface area contributed by atoms with Crippen molar-refractivity contribution in [3.8, 4) is 0 Å². The number of hydrogen-bond acceptors (Lipinski definition) is 3. The van der Waals surface area contributed by atoms with Gasteiger partial charge in [0, 0.05) is 18.7 Å². The largest absolute Gasteiger partial charge is 0.382 e. The molecule has 0 aliphatic carbocycles. The summed E-state index contributed by atoms with van der Waals surface area (Å²) in [4.78, 5) is 1.83. The average Bonchev–Trinajstić information content (AvgIpc) is 2.72. The number of thiophene rings is 2. The summed E-state index contributed by atoms with van der Waals surface area (Å²) in [6.07, 6.45) is -0.569. The zero-order valence-corrected chi connectivity index (χ0v) is 15.5. The quantitative estimate of drug-likeness (QED) is 0.529. The van der Waals surface area contributed by atoms with Gasteiger partial charge in [-0.2, -0.15) is 0 Å². The highest BCUT2D eigenvalue weighted by atomic mass is 79.9. The van der Waals surface area contributed by atoms with E-state index in [1.165, 1.54) is 22.7 Å². The van der Waals surface area contributed by atoms with Crippen molar-refractivity contribution in [1.29, 1.82) is 0 Å². The van der Waals surface area contributed by atoms with Crippen LogP contribution >= 0.6 is 86.4 Å². The maximum atomic E-state index is 10.2. The second-order valence-corrected chi connectivity index (χ2v) is 9.46. The molecule has 0 unspecified atom stereocenters. The van der Waals surface area contributed by atoms with Gasteiger partial charge in [-0.1, -0.05) is 0 Å². The summed E-state index contributed by atoms with van der Waals surface area (Å²) in [7, 11) is 0. The molecule has 0 aliphatic heterocycles. The van der Waals surface area contributed by atoms with E-state index in [0.29, 0.717) is 0 Å². The van der Waals surface area contributed by atoms with Crippen molar-refractivity contribution in [2.45, 2.75) is 6.10 Å². The van der Waals surface area contributed by atoms with Crippen molar-refractivity contribution < 1.29 is 5.11 Å². The fourth-order valence-electron chi connectivity index (χ4n) is 1.14. The highest BCUT2D eigenvalue weighted by molar-refractivity contribution is 9.13. The Bertz CT molecular complexity index is 434. The molecule has 2 aromatic rings. The molecule has 0 aromatic carbocycles. The summed E-state index contributed by atoms with van der Waals surface area (Å²) < 4.78 is 3.94. The van der Waals surface area contributed by atoms with Crippen LogP contribution in [0.3, 0.4) is 0 Å². The zero-order chi connectivity index (χ0) is 11.9. The molecule has 2 rings (SSSR count). The van der Waals surface area contributed by atoms with E-state index in [2.05, 4.69) is 63.7 Å². The summed E-state index contributed by atoms with van der Waals surface area (Å²) in [5.74, 6) is 0. The van der Waals surface area contributed by atoms with Gasteiger partial charge in [-0.25, -0.2) is 0 Å². The maximum Gasteiger partial charge on any atom is 0.122 e. The van der Waals surface area contributed by atoms with Crippen LogP contribution in [0.25, 0.3) is 0 Å². The van der Waals surface area contributed by atoms with E-state index in [1.54, 1.807) is 0 Å². The average molecular weight is 512 g/mol. The lowest BCUT2D eigenvalue weighted by Crippen LogP contribution is -1.92. The van der Waals surface area contributed by atoms with Gasteiger partial charge < -0.3 is 5.11 Å². The third-order valence-corrected chi connectivity index (χ3v) is 8.48. The summed E-state index contributed by atoms with van der Waals surface area (Å²) >= 11 is 16.7. The van der Waals surface area contributed by atoms with Crippen LogP contribution in [0.5, 0.6) is 0 Å². The summed E-state index contributed by atoms with van der Waals surface area (Å²) in [5.41, 5.74) is 0. The molecule has 0 saturated heterocycles. The Morgan fingerprint density at radius 2 is 1.25 bits per heavy atom. The summed E-state index contributed by atoms with van der Waals surface area (Å²) in [6.45, 7) is 0. The molecule has 86 valence electrons. The van der Waals surface area contributed by atoms with Gasteiger partial charge in [-0.3, -0.25) is 0 Å². The van der Waals surface area contributed by atoms with Crippen molar-refractivity contribution in [2.24, 2.45) is 0 Å². The third-order valence-electron chi connectivity index (χ3n) is 1.87. The first-order chi connectivity index (χ1) is 7.49. The molecule has 0 atom stereocenters. The van der Waals surface area contributed by atoms with Crippen LogP contribution in [-0.2, 0) is 0 Å². The highest BCUT2D eigenvalue weighted by Crippen LogP contribution is 2.42.